The lowest BCUT2D eigenvalue weighted by Crippen LogP contribution is -2.43. The number of thiazole rings is 1. The molecule has 0 aliphatic heterocycles. The van der Waals surface area contributed by atoms with Crippen LogP contribution in [0.15, 0.2) is 35.7 Å². The van der Waals surface area contributed by atoms with Gasteiger partial charge in [0, 0.05) is 23.8 Å². The number of carbonyl (C=O) groups is 2. The van der Waals surface area contributed by atoms with Gasteiger partial charge in [-0.2, -0.15) is 0 Å². The van der Waals surface area contributed by atoms with Gasteiger partial charge < -0.3 is 15.7 Å². The molecule has 1 aromatic heterocycles. The number of carboxylic acid groups (broad SMARTS) is 1. The number of rotatable bonds is 9. The van der Waals surface area contributed by atoms with Gasteiger partial charge in [-0.25, -0.2) is 9.78 Å². The van der Waals surface area contributed by atoms with E-state index in [0.717, 1.165) is 16.3 Å². The Morgan fingerprint density at radius 3 is 2.73 bits per heavy atom. The largest absolute Gasteiger partial charge is 0.481 e. The molecule has 1 aliphatic carbocycles. The van der Waals surface area contributed by atoms with Gasteiger partial charge >= 0.3 is 12.0 Å². The standard InChI is InChI=1S/C19H23N3O3S/c23-18(24)9-8-15(10-13-4-2-1-3-5-13)21-19(25)20-11-17-22-16(12-26-17)14-6-7-14/h1-5,12,14-15H,6-11H2,(H,23,24)(H2,20,21,25). The molecule has 3 N–H and O–H groups in total. The zero-order valence-corrected chi connectivity index (χ0v) is 15.3. The van der Waals surface area contributed by atoms with E-state index in [1.807, 2.05) is 30.3 Å². The van der Waals surface area contributed by atoms with Crippen LogP contribution in [0, 0.1) is 0 Å². The summed E-state index contributed by atoms with van der Waals surface area (Å²) in [5.74, 6) is -0.249. The van der Waals surface area contributed by atoms with Crippen molar-refractivity contribution in [3.8, 4) is 0 Å². The molecule has 6 nitrogen and oxygen atoms in total. The van der Waals surface area contributed by atoms with E-state index in [-0.39, 0.29) is 18.5 Å². The van der Waals surface area contributed by atoms with E-state index in [2.05, 4.69) is 21.0 Å². The quantitative estimate of drug-likeness (QED) is 0.629. The highest BCUT2D eigenvalue weighted by Gasteiger charge is 2.26. The Morgan fingerprint density at radius 1 is 1.27 bits per heavy atom. The highest BCUT2D eigenvalue weighted by molar-refractivity contribution is 7.09. The van der Waals surface area contributed by atoms with Crippen LogP contribution in [0.2, 0.25) is 0 Å². The summed E-state index contributed by atoms with van der Waals surface area (Å²) in [6.07, 6.45) is 3.43. The summed E-state index contributed by atoms with van der Waals surface area (Å²) in [7, 11) is 0. The average Bonchev–Trinajstić information content (AvgIpc) is 3.37. The Kier molecular flexibility index (Phi) is 6.22. The van der Waals surface area contributed by atoms with Crippen LogP contribution in [0.4, 0.5) is 4.79 Å². The first-order valence-electron chi connectivity index (χ1n) is 8.84. The molecule has 1 aromatic carbocycles. The van der Waals surface area contributed by atoms with E-state index >= 15 is 0 Å². The third-order valence-electron chi connectivity index (χ3n) is 4.33. The fourth-order valence-electron chi connectivity index (χ4n) is 2.79. The number of carboxylic acids is 1. The molecule has 0 radical (unpaired) electrons. The lowest BCUT2D eigenvalue weighted by atomic mass is 10.0. The van der Waals surface area contributed by atoms with Gasteiger partial charge in [0.05, 0.1) is 12.2 Å². The number of hydrogen-bond donors (Lipinski definition) is 3. The third kappa shape index (κ3) is 5.84. The Bertz CT molecular complexity index is 743. The molecule has 0 bridgehead atoms. The lowest BCUT2D eigenvalue weighted by Gasteiger charge is -2.18. The van der Waals surface area contributed by atoms with Crippen molar-refractivity contribution in [2.75, 3.05) is 0 Å². The zero-order valence-electron chi connectivity index (χ0n) is 14.5. The number of aromatic nitrogens is 1. The predicted molar refractivity (Wildman–Crippen MR) is 100 cm³/mol. The lowest BCUT2D eigenvalue weighted by molar-refractivity contribution is -0.137. The summed E-state index contributed by atoms with van der Waals surface area (Å²) >= 11 is 1.56. The molecule has 2 aromatic rings. The predicted octanol–water partition coefficient (Wildman–Crippen LogP) is 3.30. The number of nitrogens with one attached hydrogen (secondary N) is 2. The van der Waals surface area contributed by atoms with Gasteiger partial charge in [-0.15, -0.1) is 11.3 Å². The van der Waals surface area contributed by atoms with Crippen molar-refractivity contribution in [2.45, 2.75) is 50.6 Å². The highest BCUT2D eigenvalue weighted by atomic mass is 32.1. The van der Waals surface area contributed by atoms with Crippen LogP contribution < -0.4 is 10.6 Å². The van der Waals surface area contributed by atoms with Crippen molar-refractivity contribution >= 4 is 23.3 Å². The molecule has 0 saturated heterocycles. The van der Waals surface area contributed by atoms with E-state index in [0.29, 0.717) is 25.3 Å². The van der Waals surface area contributed by atoms with Crippen LogP contribution in [-0.2, 0) is 17.8 Å². The molecule has 1 heterocycles. The van der Waals surface area contributed by atoms with Crippen LogP contribution in [0.3, 0.4) is 0 Å². The minimum Gasteiger partial charge on any atom is -0.481 e. The molecule has 1 unspecified atom stereocenters. The van der Waals surface area contributed by atoms with Crippen LogP contribution in [0.1, 0.15) is 47.9 Å². The maximum absolute atomic E-state index is 12.2. The van der Waals surface area contributed by atoms with Crippen LogP contribution >= 0.6 is 11.3 Å². The van der Waals surface area contributed by atoms with Crippen molar-refractivity contribution < 1.29 is 14.7 Å². The molecule has 1 aliphatic rings. The van der Waals surface area contributed by atoms with Crippen molar-refractivity contribution in [1.82, 2.24) is 15.6 Å². The van der Waals surface area contributed by atoms with E-state index in [1.54, 1.807) is 11.3 Å². The molecular formula is C19H23N3O3S. The molecule has 26 heavy (non-hydrogen) atoms. The van der Waals surface area contributed by atoms with Gasteiger partial charge in [-0.1, -0.05) is 30.3 Å². The second kappa shape index (κ2) is 8.80. The average molecular weight is 373 g/mol. The number of urea groups is 1. The monoisotopic (exact) mass is 373 g/mol. The molecule has 1 fully saturated rings. The van der Waals surface area contributed by atoms with Gasteiger partial charge in [-0.05, 0) is 31.2 Å². The summed E-state index contributed by atoms with van der Waals surface area (Å²) < 4.78 is 0. The number of aliphatic carboxylic acids is 1. The molecule has 0 spiro atoms. The summed E-state index contributed by atoms with van der Waals surface area (Å²) in [6.45, 7) is 0.389. The van der Waals surface area contributed by atoms with Gasteiger partial charge in [0.25, 0.3) is 0 Å². The summed E-state index contributed by atoms with van der Waals surface area (Å²) in [6, 6.07) is 9.23. The van der Waals surface area contributed by atoms with E-state index < -0.39 is 5.97 Å². The van der Waals surface area contributed by atoms with Gasteiger partial charge in [0.15, 0.2) is 0 Å². The number of hydrogen-bond acceptors (Lipinski definition) is 4. The number of nitrogens with zero attached hydrogens (tertiary/aromatic N) is 1. The normalized spacial score (nSPS) is 14.6. The number of benzene rings is 1. The SMILES string of the molecule is O=C(O)CCC(Cc1ccccc1)NC(=O)NCc1nc(C2CC2)cs1. The first kappa shape index (κ1) is 18.4. The molecule has 7 heteroatoms. The minimum absolute atomic E-state index is 0.0228. The summed E-state index contributed by atoms with van der Waals surface area (Å²) in [5.41, 5.74) is 2.20. The Labute approximate surface area is 156 Å². The highest BCUT2D eigenvalue weighted by Crippen LogP contribution is 2.40. The second-order valence-corrected chi connectivity index (χ2v) is 7.53. The first-order valence-corrected chi connectivity index (χ1v) is 9.72. The Morgan fingerprint density at radius 2 is 2.04 bits per heavy atom. The minimum atomic E-state index is -0.860. The van der Waals surface area contributed by atoms with Gasteiger partial charge in [0.2, 0.25) is 0 Å². The number of amides is 2. The van der Waals surface area contributed by atoms with E-state index in [4.69, 9.17) is 5.11 Å². The van der Waals surface area contributed by atoms with Gasteiger partial charge in [0.1, 0.15) is 5.01 Å². The summed E-state index contributed by atoms with van der Waals surface area (Å²) in [4.78, 5) is 27.7. The molecule has 3 rings (SSSR count). The fourth-order valence-corrected chi connectivity index (χ4v) is 3.60. The zero-order chi connectivity index (χ0) is 18.4. The fraction of sp³-hybridized carbons (Fsp3) is 0.421. The topological polar surface area (TPSA) is 91.3 Å². The molecule has 138 valence electrons. The first-order chi connectivity index (χ1) is 12.6. The van der Waals surface area contributed by atoms with Crippen molar-refractivity contribution in [2.24, 2.45) is 0 Å². The maximum Gasteiger partial charge on any atom is 0.315 e. The van der Waals surface area contributed by atoms with Crippen LogP contribution in [0.5, 0.6) is 0 Å². The Balaban J connectivity index is 1.50. The molecule has 1 saturated carbocycles. The van der Waals surface area contributed by atoms with Gasteiger partial charge in [-0.3, -0.25) is 4.79 Å². The molecular weight excluding hydrogens is 350 g/mol. The molecule has 2 amide bonds. The molecule has 1 atom stereocenters. The van der Waals surface area contributed by atoms with Crippen LogP contribution in [-0.4, -0.2) is 28.1 Å². The third-order valence-corrected chi connectivity index (χ3v) is 5.20. The maximum atomic E-state index is 12.2. The summed E-state index contributed by atoms with van der Waals surface area (Å²) in [5, 5.41) is 17.6. The Hall–Kier alpha value is -2.41. The second-order valence-electron chi connectivity index (χ2n) is 6.59. The van der Waals surface area contributed by atoms with E-state index in [1.165, 1.54) is 12.8 Å². The van der Waals surface area contributed by atoms with Crippen LogP contribution in [0.25, 0.3) is 0 Å². The van der Waals surface area contributed by atoms with Crippen molar-refractivity contribution in [1.29, 1.82) is 0 Å². The smallest absolute Gasteiger partial charge is 0.315 e. The number of carbonyl (C=O) groups excluding carboxylic acids is 1. The van der Waals surface area contributed by atoms with Crippen molar-refractivity contribution in [3.05, 3.63) is 52.0 Å². The van der Waals surface area contributed by atoms with E-state index in [9.17, 15) is 9.59 Å². The van der Waals surface area contributed by atoms with Crippen molar-refractivity contribution in [3.63, 3.8) is 0 Å².